The van der Waals surface area contributed by atoms with Gasteiger partial charge in [0.15, 0.2) is 0 Å². The van der Waals surface area contributed by atoms with Crippen LogP contribution in [-0.2, 0) is 18.4 Å². The van der Waals surface area contributed by atoms with Gasteiger partial charge in [-0.2, -0.15) is 0 Å². The number of rotatable bonds is 2. The summed E-state index contributed by atoms with van der Waals surface area (Å²) < 4.78 is 0. The molecule has 0 saturated carbocycles. The van der Waals surface area contributed by atoms with Gasteiger partial charge >= 0.3 is 0 Å². The zero-order valence-corrected chi connectivity index (χ0v) is 12.0. The lowest BCUT2D eigenvalue weighted by molar-refractivity contribution is 0.589. The monoisotopic (exact) mass is 233 g/mol. The summed E-state index contributed by atoms with van der Waals surface area (Å²) in [5.74, 6) is 0. The summed E-state index contributed by atoms with van der Waals surface area (Å²) in [4.78, 5) is 0. The fourth-order valence-corrected chi connectivity index (χ4v) is 1.63. The molecule has 96 valence electrons. The first kappa shape index (κ1) is 15.9. The molecule has 0 fully saturated rings. The second-order valence-electron chi connectivity index (χ2n) is 5.20. The molecule has 0 radical (unpaired) electrons. The quantitative estimate of drug-likeness (QED) is 0.761. The highest BCUT2D eigenvalue weighted by molar-refractivity contribution is 5.35. The van der Waals surface area contributed by atoms with E-state index in [1.165, 1.54) is 16.7 Å². The van der Waals surface area contributed by atoms with E-state index in [2.05, 4.69) is 52.5 Å². The summed E-state index contributed by atoms with van der Waals surface area (Å²) in [5, 5.41) is 0. The Morgan fingerprint density at radius 1 is 1.24 bits per heavy atom. The first-order valence-electron chi connectivity index (χ1n) is 6.30. The van der Waals surface area contributed by atoms with Crippen molar-refractivity contribution in [1.29, 1.82) is 0 Å². The van der Waals surface area contributed by atoms with Crippen LogP contribution in [0.15, 0.2) is 30.9 Å². The minimum absolute atomic E-state index is 0.218. The van der Waals surface area contributed by atoms with Crippen molar-refractivity contribution < 1.29 is 0 Å². The largest absolute Gasteiger partial charge is 0.326 e. The van der Waals surface area contributed by atoms with E-state index < -0.39 is 0 Å². The third-order valence-corrected chi connectivity index (χ3v) is 2.67. The SMILES string of the molecule is C=CC.CCc1ccc(C(C)(C)C)cc1CN. The Morgan fingerprint density at radius 3 is 2.12 bits per heavy atom. The fourth-order valence-electron chi connectivity index (χ4n) is 1.63. The molecule has 1 heteroatoms. The summed E-state index contributed by atoms with van der Waals surface area (Å²) in [6.45, 7) is 14.8. The summed E-state index contributed by atoms with van der Waals surface area (Å²) in [6.07, 6.45) is 2.82. The standard InChI is InChI=1S/C13H21N.C3H6/c1-5-10-6-7-12(13(2,3)4)8-11(10)9-14;1-3-2/h6-8H,5,9,14H2,1-4H3;3H,1H2,2H3. The molecule has 0 bridgehead atoms. The molecule has 0 spiro atoms. The average molecular weight is 233 g/mol. The molecule has 1 aromatic rings. The van der Waals surface area contributed by atoms with Gasteiger partial charge in [0.1, 0.15) is 0 Å². The van der Waals surface area contributed by atoms with Crippen molar-refractivity contribution in [3.8, 4) is 0 Å². The van der Waals surface area contributed by atoms with Gasteiger partial charge in [0.05, 0.1) is 0 Å². The molecule has 1 aromatic carbocycles. The van der Waals surface area contributed by atoms with Gasteiger partial charge in [-0.1, -0.05) is 52.0 Å². The van der Waals surface area contributed by atoms with E-state index in [0.717, 1.165) is 6.42 Å². The molecule has 0 aromatic heterocycles. The second kappa shape index (κ2) is 7.29. The van der Waals surface area contributed by atoms with E-state index >= 15 is 0 Å². The van der Waals surface area contributed by atoms with Crippen LogP contribution in [0, 0.1) is 0 Å². The Kier molecular flexibility index (Phi) is 6.82. The smallest absolute Gasteiger partial charge is 0.0180 e. The summed E-state index contributed by atoms with van der Waals surface area (Å²) in [7, 11) is 0. The predicted molar refractivity (Wildman–Crippen MR) is 78.3 cm³/mol. The maximum absolute atomic E-state index is 5.74. The third-order valence-electron chi connectivity index (χ3n) is 2.67. The van der Waals surface area contributed by atoms with Gasteiger partial charge in [0, 0.05) is 6.54 Å². The molecule has 1 nitrogen and oxygen atoms in total. The highest BCUT2D eigenvalue weighted by atomic mass is 14.5. The number of nitrogens with two attached hydrogens (primary N) is 1. The second-order valence-corrected chi connectivity index (χ2v) is 5.20. The van der Waals surface area contributed by atoms with Gasteiger partial charge in [-0.15, -0.1) is 6.58 Å². The van der Waals surface area contributed by atoms with Gasteiger partial charge in [-0.25, -0.2) is 0 Å². The Hall–Kier alpha value is -1.08. The minimum atomic E-state index is 0.218. The van der Waals surface area contributed by atoms with Crippen LogP contribution in [0.1, 0.15) is 51.3 Å². The number of aryl methyl sites for hydroxylation is 1. The summed E-state index contributed by atoms with van der Waals surface area (Å²) in [5.41, 5.74) is 9.99. The lowest BCUT2D eigenvalue weighted by Gasteiger charge is -2.20. The van der Waals surface area contributed by atoms with Crippen LogP contribution in [0.4, 0.5) is 0 Å². The van der Waals surface area contributed by atoms with Crippen LogP contribution in [0.2, 0.25) is 0 Å². The van der Waals surface area contributed by atoms with Crippen LogP contribution < -0.4 is 5.73 Å². The van der Waals surface area contributed by atoms with Gasteiger partial charge in [-0.05, 0) is 35.4 Å². The summed E-state index contributed by atoms with van der Waals surface area (Å²) >= 11 is 0. The van der Waals surface area contributed by atoms with Crippen molar-refractivity contribution in [3.63, 3.8) is 0 Å². The highest BCUT2D eigenvalue weighted by Gasteiger charge is 2.14. The van der Waals surface area contributed by atoms with Gasteiger partial charge in [-0.3, -0.25) is 0 Å². The van der Waals surface area contributed by atoms with Crippen molar-refractivity contribution in [3.05, 3.63) is 47.5 Å². The molecular formula is C16H27N. The highest BCUT2D eigenvalue weighted by Crippen LogP contribution is 2.24. The molecule has 0 unspecified atom stereocenters. The molecule has 0 aliphatic heterocycles. The van der Waals surface area contributed by atoms with E-state index in [1.54, 1.807) is 6.08 Å². The van der Waals surface area contributed by atoms with E-state index in [9.17, 15) is 0 Å². The van der Waals surface area contributed by atoms with Crippen molar-refractivity contribution in [2.75, 3.05) is 0 Å². The lowest BCUT2D eigenvalue weighted by atomic mass is 9.85. The lowest BCUT2D eigenvalue weighted by Crippen LogP contribution is -2.13. The number of hydrogen-bond donors (Lipinski definition) is 1. The van der Waals surface area contributed by atoms with Crippen LogP contribution in [0.25, 0.3) is 0 Å². The normalized spacial score (nSPS) is 10.5. The molecule has 0 amide bonds. The van der Waals surface area contributed by atoms with Gasteiger partial charge in [0.25, 0.3) is 0 Å². The zero-order valence-electron chi connectivity index (χ0n) is 12.0. The van der Waals surface area contributed by atoms with Crippen LogP contribution >= 0.6 is 0 Å². The average Bonchev–Trinajstić information content (AvgIpc) is 2.28. The molecule has 17 heavy (non-hydrogen) atoms. The van der Waals surface area contributed by atoms with Crippen LogP contribution in [-0.4, -0.2) is 0 Å². The van der Waals surface area contributed by atoms with Crippen molar-refractivity contribution in [2.45, 2.75) is 53.0 Å². The van der Waals surface area contributed by atoms with Gasteiger partial charge in [0.2, 0.25) is 0 Å². The first-order chi connectivity index (χ1) is 7.90. The fraction of sp³-hybridized carbons (Fsp3) is 0.500. The Morgan fingerprint density at radius 2 is 1.76 bits per heavy atom. The summed E-state index contributed by atoms with van der Waals surface area (Å²) in [6, 6.07) is 6.68. The van der Waals surface area contributed by atoms with Crippen molar-refractivity contribution >= 4 is 0 Å². The Labute approximate surface area is 107 Å². The molecule has 0 saturated heterocycles. The van der Waals surface area contributed by atoms with Crippen LogP contribution in [0.3, 0.4) is 0 Å². The maximum Gasteiger partial charge on any atom is 0.0180 e. The predicted octanol–water partition coefficient (Wildman–Crippen LogP) is 4.20. The first-order valence-corrected chi connectivity index (χ1v) is 6.30. The zero-order chi connectivity index (χ0) is 13.5. The molecule has 0 aliphatic rings. The molecule has 0 atom stereocenters. The van der Waals surface area contributed by atoms with E-state index in [1.807, 2.05) is 6.92 Å². The molecule has 0 heterocycles. The van der Waals surface area contributed by atoms with E-state index in [4.69, 9.17) is 5.73 Å². The number of hydrogen-bond acceptors (Lipinski definition) is 1. The Bertz CT molecular complexity index is 345. The van der Waals surface area contributed by atoms with Crippen molar-refractivity contribution in [1.82, 2.24) is 0 Å². The van der Waals surface area contributed by atoms with E-state index in [-0.39, 0.29) is 5.41 Å². The molecule has 0 aliphatic carbocycles. The maximum atomic E-state index is 5.74. The number of allylic oxidation sites excluding steroid dienone is 1. The molecule has 2 N–H and O–H groups in total. The Balaban J connectivity index is 0.000000770. The molecule has 1 rings (SSSR count). The van der Waals surface area contributed by atoms with Crippen LogP contribution in [0.5, 0.6) is 0 Å². The van der Waals surface area contributed by atoms with Crippen molar-refractivity contribution in [2.24, 2.45) is 5.73 Å². The van der Waals surface area contributed by atoms with E-state index in [0.29, 0.717) is 6.54 Å². The molecular weight excluding hydrogens is 206 g/mol. The number of benzene rings is 1. The minimum Gasteiger partial charge on any atom is -0.326 e. The van der Waals surface area contributed by atoms with Gasteiger partial charge < -0.3 is 5.73 Å². The topological polar surface area (TPSA) is 26.0 Å². The third kappa shape index (κ3) is 5.18.